The Morgan fingerprint density at radius 3 is 2.68 bits per heavy atom. The van der Waals surface area contributed by atoms with Crippen molar-refractivity contribution in [2.45, 2.75) is 72.3 Å². The Morgan fingerprint density at radius 2 is 2.11 bits per heavy atom. The normalized spacial score (nSPS) is 22.5. The first kappa shape index (κ1) is 16.9. The van der Waals surface area contributed by atoms with Crippen LogP contribution in [-0.2, 0) is 4.79 Å². The fraction of sp³-hybridized carbons (Fsp3) is 0.938. The summed E-state index contributed by atoms with van der Waals surface area (Å²) in [6, 6.07) is 0.509. The molecule has 0 bridgehead atoms. The zero-order valence-electron chi connectivity index (χ0n) is 13.2. The van der Waals surface area contributed by atoms with Gasteiger partial charge in [0.2, 0.25) is 5.91 Å². The maximum absolute atomic E-state index is 12.9. The molecule has 1 aliphatic heterocycles. The predicted octanol–water partition coefficient (Wildman–Crippen LogP) is 4.34. The molecule has 1 rings (SSSR count). The first-order chi connectivity index (χ1) is 9.09. The van der Waals surface area contributed by atoms with E-state index < -0.39 is 0 Å². The molecule has 1 heterocycles. The van der Waals surface area contributed by atoms with E-state index in [1.807, 2.05) is 11.8 Å². The number of likely N-dealkylation sites (tertiary alicyclic amines) is 1. The van der Waals surface area contributed by atoms with Gasteiger partial charge < -0.3 is 4.90 Å². The fourth-order valence-electron chi connectivity index (χ4n) is 3.10. The molecule has 2 nitrogen and oxygen atoms in total. The molecule has 3 heteroatoms. The minimum Gasteiger partial charge on any atom is -0.339 e. The molecule has 1 amide bonds. The zero-order valence-corrected chi connectivity index (χ0v) is 14.0. The summed E-state index contributed by atoms with van der Waals surface area (Å²) in [6.45, 7) is 9.69. The van der Waals surface area contributed by atoms with E-state index in [1.165, 1.54) is 30.8 Å². The number of nitrogens with zero attached hydrogens (tertiary/aromatic N) is 1. The molecule has 1 aliphatic rings. The summed E-state index contributed by atoms with van der Waals surface area (Å²) in [5.41, 5.74) is -0.130. The molecule has 1 saturated heterocycles. The first-order valence-electron chi connectivity index (χ1n) is 7.97. The third-order valence-corrected chi connectivity index (χ3v) is 5.47. The van der Waals surface area contributed by atoms with E-state index in [0.717, 1.165) is 25.8 Å². The number of carbonyl (C=O) groups is 1. The average molecular weight is 285 g/mol. The van der Waals surface area contributed by atoms with Crippen molar-refractivity contribution in [1.82, 2.24) is 4.90 Å². The molecular formula is C16H31NOS. The zero-order chi connectivity index (χ0) is 14.3. The Kier molecular flexibility index (Phi) is 7.27. The summed E-state index contributed by atoms with van der Waals surface area (Å²) < 4.78 is 0. The topological polar surface area (TPSA) is 20.3 Å². The molecule has 0 unspecified atom stereocenters. The van der Waals surface area contributed by atoms with E-state index in [9.17, 15) is 4.79 Å². The van der Waals surface area contributed by atoms with Crippen LogP contribution >= 0.6 is 11.8 Å². The Bertz CT molecular complexity index is 282. The molecule has 0 N–H and O–H groups in total. The maximum atomic E-state index is 12.9. The predicted molar refractivity (Wildman–Crippen MR) is 85.7 cm³/mol. The highest BCUT2D eigenvalue weighted by molar-refractivity contribution is 7.99. The smallest absolute Gasteiger partial charge is 0.228 e. The number of hydrogen-bond donors (Lipinski definition) is 0. The molecule has 0 aliphatic carbocycles. The van der Waals surface area contributed by atoms with Gasteiger partial charge in [-0.1, -0.05) is 34.1 Å². The van der Waals surface area contributed by atoms with Gasteiger partial charge in [-0.2, -0.15) is 11.8 Å². The number of rotatable bonds is 8. The second kappa shape index (κ2) is 8.18. The van der Waals surface area contributed by atoms with E-state index in [0.29, 0.717) is 11.9 Å². The van der Waals surface area contributed by atoms with Crippen LogP contribution in [0.3, 0.4) is 0 Å². The van der Waals surface area contributed by atoms with Crippen molar-refractivity contribution < 1.29 is 4.79 Å². The molecule has 0 aromatic rings. The SMILES string of the molecule is CCC[C@@](C)(CC)C(=O)N1CCC[C@H]1CCSCC. The molecule has 0 spiro atoms. The molecule has 2 atom stereocenters. The molecule has 1 fully saturated rings. The van der Waals surface area contributed by atoms with E-state index in [2.05, 4.69) is 32.6 Å². The molecule has 0 aromatic carbocycles. The summed E-state index contributed by atoms with van der Waals surface area (Å²) in [6.07, 6.45) is 6.67. The Labute approximate surface area is 123 Å². The molecule has 0 saturated carbocycles. The number of hydrogen-bond acceptors (Lipinski definition) is 2. The molecule has 0 radical (unpaired) electrons. The number of carbonyl (C=O) groups excluding carboxylic acids is 1. The third kappa shape index (κ3) is 4.40. The molecule has 0 aromatic heterocycles. The second-order valence-electron chi connectivity index (χ2n) is 5.94. The van der Waals surface area contributed by atoms with Crippen molar-refractivity contribution >= 4 is 17.7 Å². The quantitative estimate of drug-likeness (QED) is 0.618. The van der Waals surface area contributed by atoms with Gasteiger partial charge in [-0.15, -0.1) is 0 Å². The minimum atomic E-state index is -0.130. The van der Waals surface area contributed by atoms with Gasteiger partial charge in [0.25, 0.3) is 0 Å². The van der Waals surface area contributed by atoms with Crippen molar-refractivity contribution in [3.63, 3.8) is 0 Å². The highest BCUT2D eigenvalue weighted by atomic mass is 32.2. The summed E-state index contributed by atoms with van der Waals surface area (Å²) in [5, 5.41) is 0. The van der Waals surface area contributed by atoms with Gasteiger partial charge in [0, 0.05) is 18.0 Å². The largest absolute Gasteiger partial charge is 0.339 e. The third-order valence-electron chi connectivity index (χ3n) is 4.54. The van der Waals surface area contributed by atoms with Gasteiger partial charge in [-0.3, -0.25) is 4.79 Å². The van der Waals surface area contributed by atoms with Gasteiger partial charge >= 0.3 is 0 Å². The molecular weight excluding hydrogens is 254 g/mol. The van der Waals surface area contributed by atoms with Crippen LogP contribution in [0.4, 0.5) is 0 Å². The van der Waals surface area contributed by atoms with Crippen LogP contribution in [0.1, 0.15) is 66.2 Å². The lowest BCUT2D eigenvalue weighted by Crippen LogP contribution is -2.44. The van der Waals surface area contributed by atoms with Crippen molar-refractivity contribution in [2.24, 2.45) is 5.41 Å². The summed E-state index contributed by atoms with van der Waals surface area (Å²) in [7, 11) is 0. The molecule has 112 valence electrons. The summed E-state index contributed by atoms with van der Waals surface area (Å²) in [4.78, 5) is 15.1. The van der Waals surface area contributed by atoms with Crippen LogP contribution < -0.4 is 0 Å². The number of amides is 1. The average Bonchev–Trinajstić information content (AvgIpc) is 2.86. The molecule has 19 heavy (non-hydrogen) atoms. The maximum Gasteiger partial charge on any atom is 0.228 e. The highest BCUT2D eigenvalue weighted by Gasteiger charge is 2.38. The van der Waals surface area contributed by atoms with Gasteiger partial charge in [0.15, 0.2) is 0 Å². The van der Waals surface area contributed by atoms with Crippen molar-refractivity contribution in [2.75, 3.05) is 18.1 Å². The Morgan fingerprint density at radius 1 is 1.37 bits per heavy atom. The van der Waals surface area contributed by atoms with Gasteiger partial charge in [0.1, 0.15) is 0 Å². The highest BCUT2D eigenvalue weighted by Crippen LogP contribution is 2.34. The number of thioether (sulfide) groups is 1. The van der Waals surface area contributed by atoms with Crippen molar-refractivity contribution in [3.05, 3.63) is 0 Å². The Balaban J connectivity index is 2.62. The van der Waals surface area contributed by atoms with Gasteiger partial charge in [-0.25, -0.2) is 0 Å². The van der Waals surface area contributed by atoms with Crippen LogP contribution in [0.15, 0.2) is 0 Å². The second-order valence-corrected chi connectivity index (χ2v) is 7.34. The van der Waals surface area contributed by atoms with Gasteiger partial charge in [0.05, 0.1) is 0 Å². The van der Waals surface area contributed by atoms with Crippen LogP contribution in [0, 0.1) is 5.41 Å². The van der Waals surface area contributed by atoms with Gasteiger partial charge in [-0.05, 0) is 43.6 Å². The minimum absolute atomic E-state index is 0.130. The monoisotopic (exact) mass is 285 g/mol. The van der Waals surface area contributed by atoms with E-state index in [-0.39, 0.29) is 5.41 Å². The lowest BCUT2D eigenvalue weighted by Gasteiger charge is -2.35. The Hall–Kier alpha value is -0.180. The van der Waals surface area contributed by atoms with Crippen LogP contribution in [-0.4, -0.2) is 34.9 Å². The van der Waals surface area contributed by atoms with Crippen LogP contribution in [0.25, 0.3) is 0 Å². The van der Waals surface area contributed by atoms with Crippen LogP contribution in [0.2, 0.25) is 0 Å². The first-order valence-corrected chi connectivity index (χ1v) is 9.13. The van der Waals surface area contributed by atoms with Crippen molar-refractivity contribution in [3.8, 4) is 0 Å². The summed E-state index contributed by atoms with van der Waals surface area (Å²) >= 11 is 1.99. The van der Waals surface area contributed by atoms with E-state index in [4.69, 9.17) is 0 Å². The fourth-order valence-corrected chi connectivity index (χ4v) is 3.83. The lowest BCUT2D eigenvalue weighted by molar-refractivity contribution is -0.142. The lowest BCUT2D eigenvalue weighted by atomic mass is 9.81. The van der Waals surface area contributed by atoms with E-state index in [1.54, 1.807) is 0 Å². The van der Waals surface area contributed by atoms with E-state index >= 15 is 0 Å². The summed E-state index contributed by atoms with van der Waals surface area (Å²) in [5.74, 6) is 2.80. The standard InChI is InChI=1S/C16H31NOS/c1-5-11-16(4,6-2)15(18)17-12-8-9-14(17)10-13-19-7-3/h14H,5-13H2,1-4H3/t14-,16+/m0/s1. The van der Waals surface area contributed by atoms with Crippen molar-refractivity contribution in [1.29, 1.82) is 0 Å². The van der Waals surface area contributed by atoms with Crippen LogP contribution in [0.5, 0.6) is 0 Å².